The Labute approximate surface area is 229 Å². The molecule has 200 valence electrons. The first-order valence-corrected chi connectivity index (χ1v) is 14.0. The first-order chi connectivity index (χ1) is 18.7. The van der Waals surface area contributed by atoms with Crippen LogP contribution in [0.3, 0.4) is 0 Å². The Balaban J connectivity index is 1.60. The molecule has 0 aliphatic heterocycles. The van der Waals surface area contributed by atoms with Crippen LogP contribution in [0.5, 0.6) is 0 Å². The van der Waals surface area contributed by atoms with Gasteiger partial charge in [0.15, 0.2) is 0 Å². The van der Waals surface area contributed by atoms with Gasteiger partial charge in [0.1, 0.15) is 6.54 Å². The minimum atomic E-state index is -4.06. The van der Waals surface area contributed by atoms with Crippen molar-refractivity contribution in [2.75, 3.05) is 16.2 Å². The van der Waals surface area contributed by atoms with Crippen LogP contribution in [0.1, 0.15) is 40.0 Å². The van der Waals surface area contributed by atoms with Gasteiger partial charge in [0.05, 0.1) is 27.9 Å². The van der Waals surface area contributed by atoms with Crippen molar-refractivity contribution < 1.29 is 18.0 Å². The second-order valence-corrected chi connectivity index (χ2v) is 11.2. The smallest absolute Gasteiger partial charge is 0.264 e. The fourth-order valence-electron chi connectivity index (χ4n) is 4.22. The third kappa shape index (κ3) is 6.53. The lowest BCUT2D eigenvalue weighted by Gasteiger charge is -2.26. The van der Waals surface area contributed by atoms with Crippen LogP contribution in [0.15, 0.2) is 108 Å². The van der Waals surface area contributed by atoms with Crippen molar-refractivity contribution in [2.45, 2.75) is 31.7 Å². The molecule has 0 heterocycles. The predicted octanol–water partition coefficient (Wildman–Crippen LogP) is 5.63. The Hall–Kier alpha value is -4.43. The van der Waals surface area contributed by atoms with E-state index in [1.54, 1.807) is 55.5 Å². The number of hydrogen-bond acceptors (Lipinski definition) is 4. The maximum Gasteiger partial charge on any atom is 0.264 e. The average molecular weight is 542 g/mol. The van der Waals surface area contributed by atoms with E-state index in [1.807, 2.05) is 56.3 Å². The molecule has 0 radical (unpaired) electrons. The summed E-state index contributed by atoms with van der Waals surface area (Å²) in [5.74, 6) is -0.933. The zero-order valence-corrected chi connectivity index (χ0v) is 22.9. The van der Waals surface area contributed by atoms with Crippen molar-refractivity contribution in [2.24, 2.45) is 0 Å². The monoisotopic (exact) mass is 541 g/mol. The topological polar surface area (TPSA) is 95.6 Å². The molecule has 0 fully saturated rings. The summed E-state index contributed by atoms with van der Waals surface area (Å²) in [6.07, 6.45) is 0. The molecule has 0 bridgehead atoms. The maximum atomic E-state index is 13.7. The zero-order chi connectivity index (χ0) is 28.0. The number of nitrogens with one attached hydrogen (secondary N) is 2. The molecule has 0 aliphatic rings. The lowest BCUT2D eigenvalue weighted by molar-refractivity contribution is -0.114. The van der Waals surface area contributed by atoms with Gasteiger partial charge in [-0.2, -0.15) is 0 Å². The molecule has 7 nitrogen and oxygen atoms in total. The predicted molar refractivity (Wildman–Crippen MR) is 154 cm³/mol. The van der Waals surface area contributed by atoms with Crippen LogP contribution in [0.2, 0.25) is 0 Å². The van der Waals surface area contributed by atoms with E-state index in [1.165, 1.54) is 12.1 Å². The number of sulfonamides is 1. The number of anilines is 2. The Morgan fingerprint density at radius 3 is 2.13 bits per heavy atom. The first-order valence-electron chi connectivity index (χ1n) is 12.6. The highest BCUT2D eigenvalue weighted by molar-refractivity contribution is 7.92. The average Bonchev–Trinajstić information content (AvgIpc) is 2.94. The minimum Gasteiger partial charge on any atom is -0.345 e. The second-order valence-electron chi connectivity index (χ2n) is 9.31. The number of rotatable bonds is 9. The van der Waals surface area contributed by atoms with Crippen LogP contribution < -0.4 is 14.9 Å². The molecule has 0 aromatic heterocycles. The van der Waals surface area contributed by atoms with Gasteiger partial charge in [0, 0.05) is 0 Å². The highest BCUT2D eigenvalue weighted by Gasteiger charge is 2.29. The number of amides is 2. The van der Waals surface area contributed by atoms with Gasteiger partial charge in [0.2, 0.25) is 5.91 Å². The summed E-state index contributed by atoms with van der Waals surface area (Å²) >= 11 is 0. The molecular weight excluding hydrogens is 510 g/mol. The van der Waals surface area contributed by atoms with Gasteiger partial charge < -0.3 is 10.6 Å². The molecule has 2 amide bonds. The molecule has 0 saturated heterocycles. The van der Waals surface area contributed by atoms with E-state index in [2.05, 4.69) is 10.6 Å². The molecule has 0 unspecified atom stereocenters. The molecule has 1 atom stereocenters. The van der Waals surface area contributed by atoms with Gasteiger partial charge in [-0.15, -0.1) is 0 Å². The van der Waals surface area contributed by atoms with Gasteiger partial charge >= 0.3 is 0 Å². The number of para-hydroxylation sites is 1. The number of nitrogens with zero attached hydrogens (tertiary/aromatic N) is 1. The number of hydrogen-bond donors (Lipinski definition) is 2. The third-order valence-electron chi connectivity index (χ3n) is 6.34. The van der Waals surface area contributed by atoms with E-state index in [0.29, 0.717) is 16.9 Å². The van der Waals surface area contributed by atoms with Crippen LogP contribution in [-0.4, -0.2) is 26.8 Å². The van der Waals surface area contributed by atoms with Gasteiger partial charge in [-0.3, -0.25) is 13.9 Å². The standard InChI is InChI=1S/C31H31N3O4S/c1-22-18-19-23(2)29(20-22)34(39(37,38)26-14-8-5-9-15-26)21-30(35)33-28-17-11-10-16-27(28)31(36)32-24(3)25-12-6-4-7-13-25/h4-20,24H,21H2,1-3H3,(H,32,36)(H,33,35)/t24-/m1/s1. The lowest BCUT2D eigenvalue weighted by Crippen LogP contribution is -2.39. The van der Waals surface area contributed by atoms with E-state index in [9.17, 15) is 18.0 Å². The highest BCUT2D eigenvalue weighted by Crippen LogP contribution is 2.28. The molecular formula is C31H31N3O4S. The van der Waals surface area contributed by atoms with Crippen LogP contribution in [0.25, 0.3) is 0 Å². The van der Waals surface area contributed by atoms with Crippen molar-refractivity contribution in [3.63, 3.8) is 0 Å². The Kier molecular flexibility index (Phi) is 8.46. The number of carbonyl (C=O) groups excluding carboxylic acids is 2. The fraction of sp³-hybridized carbons (Fsp3) is 0.161. The Morgan fingerprint density at radius 2 is 1.44 bits per heavy atom. The second kappa shape index (κ2) is 12.0. The Morgan fingerprint density at radius 1 is 0.821 bits per heavy atom. The van der Waals surface area contributed by atoms with Gasteiger partial charge in [-0.05, 0) is 67.8 Å². The van der Waals surface area contributed by atoms with Crippen molar-refractivity contribution >= 4 is 33.2 Å². The number of aryl methyl sites for hydroxylation is 2. The summed E-state index contributed by atoms with van der Waals surface area (Å²) in [5, 5.41) is 5.71. The molecule has 4 rings (SSSR count). The summed E-state index contributed by atoms with van der Waals surface area (Å²) in [7, 11) is -4.06. The molecule has 0 spiro atoms. The van der Waals surface area contributed by atoms with Crippen molar-refractivity contribution in [1.82, 2.24) is 5.32 Å². The highest BCUT2D eigenvalue weighted by atomic mass is 32.2. The summed E-state index contributed by atoms with van der Waals surface area (Å²) < 4.78 is 28.5. The van der Waals surface area contributed by atoms with E-state index < -0.39 is 22.5 Å². The van der Waals surface area contributed by atoms with Gasteiger partial charge in [-0.1, -0.05) is 72.8 Å². The van der Waals surface area contributed by atoms with E-state index in [0.717, 1.165) is 15.4 Å². The molecule has 39 heavy (non-hydrogen) atoms. The number of carbonyl (C=O) groups is 2. The molecule has 4 aromatic carbocycles. The quantitative estimate of drug-likeness (QED) is 0.287. The number of benzene rings is 4. The van der Waals surface area contributed by atoms with Crippen molar-refractivity contribution in [1.29, 1.82) is 0 Å². The van der Waals surface area contributed by atoms with Crippen LogP contribution in [0, 0.1) is 13.8 Å². The first kappa shape index (κ1) is 27.6. The molecule has 4 aromatic rings. The van der Waals surface area contributed by atoms with Crippen molar-refractivity contribution in [3.05, 3.63) is 125 Å². The third-order valence-corrected chi connectivity index (χ3v) is 8.12. The zero-order valence-electron chi connectivity index (χ0n) is 22.1. The SMILES string of the molecule is Cc1ccc(C)c(N(CC(=O)Nc2ccccc2C(=O)N[C@H](C)c2ccccc2)S(=O)(=O)c2ccccc2)c1. The van der Waals surface area contributed by atoms with Crippen LogP contribution in [-0.2, 0) is 14.8 Å². The van der Waals surface area contributed by atoms with Crippen molar-refractivity contribution in [3.8, 4) is 0 Å². The molecule has 8 heteroatoms. The van der Waals surface area contributed by atoms with E-state index >= 15 is 0 Å². The Bertz CT molecular complexity index is 1570. The normalized spacial score (nSPS) is 11.9. The van der Waals surface area contributed by atoms with E-state index in [4.69, 9.17) is 0 Å². The van der Waals surface area contributed by atoms with E-state index in [-0.39, 0.29) is 22.4 Å². The van der Waals surface area contributed by atoms with Crippen LogP contribution in [0.4, 0.5) is 11.4 Å². The van der Waals surface area contributed by atoms with Crippen LogP contribution >= 0.6 is 0 Å². The molecule has 2 N–H and O–H groups in total. The molecule has 0 saturated carbocycles. The molecule has 0 aliphatic carbocycles. The summed E-state index contributed by atoms with van der Waals surface area (Å²) in [6, 6.07) is 29.4. The summed E-state index contributed by atoms with van der Waals surface area (Å²) in [5.41, 5.74) is 3.50. The fourth-order valence-corrected chi connectivity index (χ4v) is 5.72. The van der Waals surface area contributed by atoms with Gasteiger partial charge in [0.25, 0.3) is 15.9 Å². The summed E-state index contributed by atoms with van der Waals surface area (Å²) in [6.45, 7) is 5.07. The lowest BCUT2D eigenvalue weighted by atomic mass is 10.1. The maximum absolute atomic E-state index is 13.7. The largest absolute Gasteiger partial charge is 0.345 e. The minimum absolute atomic E-state index is 0.0772. The van der Waals surface area contributed by atoms with Gasteiger partial charge in [-0.25, -0.2) is 8.42 Å². The summed E-state index contributed by atoms with van der Waals surface area (Å²) in [4.78, 5) is 26.5.